The highest BCUT2D eigenvalue weighted by Crippen LogP contribution is 2.24. The molecular weight excluding hydrogens is 279 g/mol. The van der Waals surface area contributed by atoms with Crippen LogP contribution in [0.1, 0.15) is 26.7 Å². The Balaban J connectivity index is 2.71. The molecule has 2 unspecified atom stereocenters. The monoisotopic (exact) mass is 297 g/mol. The summed E-state index contributed by atoms with van der Waals surface area (Å²) in [6.45, 7) is 2.01. The highest BCUT2D eigenvalue weighted by atomic mass is 19.4. The van der Waals surface area contributed by atoms with E-state index in [4.69, 9.17) is 9.84 Å². The molecule has 0 bridgehead atoms. The minimum Gasteiger partial charge on any atom is -0.479 e. The Morgan fingerprint density at radius 2 is 1.85 bits per heavy atom. The van der Waals surface area contributed by atoms with E-state index in [0.29, 0.717) is 4.90 Å². The number of nitrogens with zero attached hydrogens (tertiary/aromatic N) is 1. The van der Waals surface area contributed by atoms with Gasteiger partial charge in [-0.2, -0.15) is 13.2 Å². The summed E-state index contributed by atoms with van der Waals surface area (Å²) in [5, 5.41) is 8.75. The summed E-state index contributed by atoms with van der Waals surface area (Å²) < 4.78 is 42.4. The van der Waals surface area contributed by atoms with Crippen molar-refractivity contribution < 1.29 is 32.6 Å². The standard InChI is InChI=1S/C12H18F3NO4/c1-7(2)5-16(6-12(13,14)15)10(17)8-3-4-9(20-8)11(18)19/h7-9H,3-6H2,1-2H3,(H,18,19). The Morgan fingerprint density at radius 1 is 1.30 bits per heavy atom. The molecule has 2 atom stereocenters. The lowest BCUT2D eigenvalue weighted by molar-refractivity contribution is -0.171. The Kier molecular flexibility index (Phi) is 5.38. The number of carbonyl (C=O) groups excluding carboxylic acids is 1. The van der Waals surface area contributed by atoms with E-state index >= 15 is 0 Å². The van der Waals surface area contributed by atoms with E-state index in [9.17, 15) is 22.8 Å². The minimum absolute atomic E-state index is 0.0457. The molecule has 1 N–H and O–H groups in total. The van der Waals surface area contributed by atoms with Gasteiger partial charge in [0.1, 0.15) is 12.6 Å². The normalized spacial score (nSPS) is 23.1. The van der Waals surface area contributed by atoms with Crippen molar-refractivity contribution in [3.05, 3.63) is 0 Å². The van der Waals surface area contributed by atoms with Gasteiger partial charge in [-0.1, -0.05) is 13.8 Å². The zero-order valence-corrected chi connectivity index (χ0v) is 11.3. The summed E-state index contributed by atoms with van der Waals surface area (Å²) in [6, 6.07) is 0. The lowest BCUT2D eigenvalue weighted by atomic mass is 10.1. The van der Waals surface area contributed by atoms with Gasteiger partial charge in [0, 0.05) is 6.54 Å². The average molecular weight is 297 g/mol. The maximum absolute atomic E-state index is 12.5. The van der Waals surface area contributed by atoms with Crippen molar-refractivity contribution >= 4 is 11.9 Å². The highest BCUT2D eigenvalue weighted by Gasteiger charge is 2.40. The number of rotatable bonds is 5. The molecule has 0 spiro atoms. The second-order valence-electron chi connectivity index (χ2n) is 5.26. The Morgan fingerprint density at radius 3 is 2.25 bits per heavy atom. The highest BCUT2D eigenvalue weighted by molar-refractivity contribution is 5.82. The van der Waals surface area contributed by atoms with Gasteiger partial charge in [0.05, 0.1) is 0 Å². The first-order chi connectivity index (χ1) is 9.10. The van der Waals surface area contributed by atoms with E-state index in [0.717, 1.165) is 0 Å². The molecule has 8 heteroatoms. The molecule has 0 saturated carbocycles. The smallest absolute Gasteiger partial charge is 0.406 e. The van der Waals surface area contributed by atoms with E-state index in [1.165, 1.54) is 0 Å². The van der Waals surface area contributed by atoms with Crippen LogP contribution in [0.2, 0.25) is 0 Å². The van der Waals surface area contributed by atoms with Crippen LogP contribution >= 0.6 is 0 Å². The van der Waals surface area contributed by atoms with Crippen molar-refractivity contribution in [2.24, 2.45) is 5.92 Å². The molecule has 0 aliphatic carbocycles. The number of ether oxygens (including phenoxy) is 1. The van der Waals surface area contributed by atoms with E-state index < -0.39 is 36.8 Å². The van der Waals surface area contributed by atoms with Crippen molar-refractivity contribution in [3.63, 3.8) is 0 Å². The molecule has 1 saturated heterocycles. The zero-order valence-electron chi connectivity index (χ0n) is 11.3. The second-order valence-corrected chi connectivity index (χ2v) is 5.26. The quantitative estimate of drug-likeness (QED) is 0.838. The molecule has 1 heterocycles. The van der Waals surface area contributed by atoms with Crippen molar-refractivity contribution in [1.29, 1.82) is 0 Å². The predicted octanol–water partition coefficient (Wildman–Crippen LogP) is 1.67. The molecular formula is C12H18F3NO4. The van der Waals surface area contributed by atoms with Crippen LogP contribution in [0.25, 0.3) is 0 Å². The minimum atomic E-state index is -4.49. The lowest BCUT2D eigenvalue weighted by Crippen LogP contribution is -2.46. The number of hydrogen-bond donors (Lipinski definition) is 1. The van der Waals surface area contributed by atoms with Crippen LogP contribution in [0.15, 0.2) is 0 Å². The number of aliphatic carboxylic acids is 1. The van der Waals surface area contributed by atoms with Gasteiger partial charge in [0.25, 0.3) is 5.91 Å². The summed E-state index contributed by atoms with van der Waals surface area (Å²) >= 11 is 0. The number of carboxylic acids is 1. The average Bonchev–Trinajstić information content (AvgIpc) is 2.73. The number of amides is 1. The number of carboxylic acid groups (broad SMARTS) is 1. The second kappa shape index (κ2) is 6.43. The van der Waals surface area contributed by atoms with Crippen LogP contribution in [0.3, 0.4) is 0 Å². The van der Waals surface area contributed by atoms with Crippen molar-refractivity contribution in [3.8, 4) is 0 Å². The first kappa shape index (κ1) is 16.7. The fourth-order valence-electron chi connectivity index (χ4n) is 2.09. The van der Waals surface area contributed by atoms with Gasteiger partial charge < -0.3 is 14.7 Å². The third-order valence-electron chi connectivity index (χ3n) is 2.84. The number of carbonyl (C=O) groups is 2. The number of hydrogen-bond acceptors (Lipinski definition) is 3. The summed E-state index contributed by atoms with van der Waals surface area (Å²) in [5.74, 6) is -2.12. The van der Waals surface area contributed by atoms with Gasteiger partial charge in [-0.3, -0.25) is 4.79 Å². The largest absolute Gasteiger partial charge is 0.479 e. The number of halogens is 3. The molecule has 20 heavy (non-hydrogen) atoms. The molecule has 0 aromatic rings. The molecule has 1 aliphatic rings. The molecule has 1 aliphatic heterocycles. The van der Waals surface area contributed by atoms with E-state index in [-0.39, 0.29) is 25.3 Å². The van der Waals surface area contributed by atoms with Crippen molar-refractivity contribution in [2.75, 3.05) is 13.1 Å². The van der Waals surface area contributed by atoms with Crippen molar-refractivity contribution in [2.45, 2.75) is 45.1 Å². The van der Waals surface area contributed by atoms with Gasteiger partial charge in [0.15, 0.2) is 6.10 Å². The van der Waals surface area contributed by atoms with Crippen LogP contribution in [0, 0.1) is 5.92 Å². The Bertz CT molecular complexity index is 370. The molecule has 1 fully saturated rings. The van der Waals surface area contributed by atoms with Gasteiger partial charge in [0.2, 0.25) is 0 Å². The van der Waals surface area contributed by atoms with E-state index in [1.807, 2.05) is 0 Å². The SMILES string of the molecule is CC(C)CN(CC(F)(F)F)C(=O)C1CCC(C(=O)O)O1. The molecule has 0 radical (unpaired) electrons. The van der Waals surface area contributed by atoms with Crippen LogP contribution < -0.4 is 0 Å². The van der Waals surface area contributed by atoms with Crippen LogP contribution in [-0.2, 0) is 14.3 Å². The molecule has 0 aromatic heterocycles. The summed E-state index contributed by atoms with van der Waals surface area (Å²) in [4.78, 5) is 23.4. The van der Waals surface area contributed by atoms with E-state index in [2.05, 4.69) is 0 Å². The first-order valence-corrected chi connectivity index (χ1v) is 6.34. The molecule has 0 aromatic carbocycles. The molecule has 1 rings (SSSR count). The van der Waals surface area contributed by atoms with Gasteiger partial charge in [-0.25, -0.2) is 4.79 Å². The molecule has 1 amide bonds. The van der Waals surface area contributed by atoms with Gasteiger partial charge >= 0.3 is 12.1 Å². The molecule has 5 nitrogen and oxygen atoms in total. The Labute approximate surface area is 114 Å². The maximum Gasteiger partial charge on any atom is 0.406 e. The fraction of sp³-hybridized carbons (Fsp3) is 0.833. The summed E-state index contributed by atoms with van der Waals surface area (Å²) in [6.07, 6.45) is -6.45. The predicted molar refractivity (Wildman–Crippen MR) is 63.0 cm³/mol. The van der Waals surface area contributed by atoms with Crippen LogP contribution in [0.5, 0.6) is 0 Å². The van der Waals surface area contributed by atoms with Crippen LogP contribution in [-0.4, -0.2) is 53.4 Å². The topological polar surface area (TPSA) is 66.8 Å². The zero-order chi connectivity index (χ0) is 15.5. The van der Waals surface area contributed by atoms with E-state index in [1.54, 1.807) is 13.8 Å². The third kappa shape index (κ3) is 4.99. The lowest BCUT2D eigenvalue weighted by Gasteiger charge is -2.27. The third-order valence-corrected chi connectivity index (χ3v) is 2.84. The Hall–Kier alpha value is -1.31. The van der Waals surface area contributed by atoms with Gasteiger partial charge in [-0.05, 0) is 18.8 Å². The summed E-state index contributed by atoms with van der Waals surface area (Å²) in [7, 11) is 0. The maximum atomic E-state index is 12.5. The van der Waals surface area contributed by atoms with Crippen LogP contribution in [0.4, 0.5) is 13.2 Å². The first-order valence-electron chi connectivity index (χ1n) is 6.34. The summed E-state index contributed by atoms with van der Waals surface area (Å²) in [5.41, 5.74) is 0. The fourth-order valence-corrected chi connectivity index (χ4v) is 2.09. The van der Waals surface area contributed by atoms with Gasteiger partial charge in [-0.15, -0.1) is 0 Å². The number of alkyl halides is 3. The molecule has 116 valence electrons. The van der Waals surface area contributed by atoms with Crippen molar-refractivity contribution in [1.82, 2.24) is 4.90 Å².